The largest absolute Gasteiger partial charge is 0.494 e. The molecule has 0 fully saturated rings. The van der Waals surface area contributed by atoms with Gasteiger partial charge in [0.05, 0.1) is 12.3 Å². The van der Waals surface area contributed by atoms with E-state index >= 15 is 0 Å². The van der Waals surface area contributed by atoms with Gasteiger partial charge in [-0.1, -0.05) is 13.3 Å². The number of benzene rings is 1. The van der Waals surface area contributed by atoms with E-state index in [1.165, 1.54) is 12.1 Å². The lowest BCUT2D eigenvalue weighted by Gasteiger charge is -2.08. The summed E-state index contributed by atoms with van der Waals surface area (Å²) in [6.45, 7) is 2.53. The topological polar surface area (TPSA) is 89.6 Å². The van der Waals surface area contributed by atoms with Crippen LogP contribution in [-0.2, 0) is 10.1 Å². The second-order valence-electron chi connectivity index (χ2n) is 3.38. The molecule has 6 heteroatoms. The Balaban J connectivity index is 2.91. The van der Waals surface area contributed by atoms with E-state index in [0.717, 1.165) is 12.8 Å². The van der Waals surface area contributed by atoms with Crippen LogP contribution in [0, 0.1) is 0 Å². The summed E-state index contributed by atoms with van der Waals surface area (Å²) >= 11 is 0. The summed E-state index contributed by atoms with van der Waals surface area (Å²) in [7, 11) is -4.29. The number of ether oxygens (including phenoxy) is 1. The van der Waals surface area contributed by atoms with E-state index in [-0.39, 0.29) is 10.6 Å². The van der Waals surface area contributed by atoms with E-state index in [2.05, 4.69) is 0 Å². The summed E-state index contributed by atoms with van der Waals surface area (Å²) in [5.41, 5.74) is 5.44. The Hall–Kier alpha value is -1.27. The molecule has 0 heterocycles. The summed E-state index contributed by atoms with van der Waals surface area (Å²) in [4.78, 5) is -0.318. The zero-order chi connectivity index (χ0) is 12.2. The highest BCUT2D eigenvalue weighted by atomic mass is 32.2. The van der Waals surface area contributed by atoms with E-state index in [1.807, 2.05) is 6.92 Å². The molecular formula is C10H15NO4S. The molecule has 16 heavy (non-hydrogen) atoms. The minimum Gasteiger partial charge on any atom is -0.494 e. The fourth-order valence-corrected chi connectivity index (χ4v) is 1.79. The average molecular weight is 245 g/mol. The number of nitrogen functional groups attached to an aromatic ring is 1. The monoisotopic (exact) mass is 245 g/mol. The highest BCUT2D eigenvalue weighted by Crippen LogP contribution is 2.23. The van der Waals surface area contributed by atoms with Crippen molar-refractivity contribution in [2.24, 2.45) is 0 Å². The van der Waals surface area contributed by atoms with Crippen LogP contribution in [0.2, 0.25) is 0 Å². The van der Waals surface area contributed by atoms with Crippen molar-refractivity contribution in [2.75, 3.05) is 12.3 Å². The SMILES string of the molecule is CCCCOc1ccc(N)c(S(=O)(=O)O)c1. The zero-order valence-corrected chi connectivity index (χ0v) is 9.83. The number of hydrogen-bond donors (Lipinski definition) is 2. The standard InChI is InChI=1S/C10H15NO4S/c1-2-3-6-15-8-4-5-9(11)10(7-8)16(12,13)14/h4-5,7H,2-3,6,11H2,1H3,(H,12,13,14). The van der Waals surface area contributed by atoms with Crippen LogP contribution >= 0.6 is 0 Å². The van der Waals surface area contributed by atoms with Gasteiger partial charge in [0, 0.05) is 6.07 Å². The van der Waals surface area contributed by atoms with Gasteiger partial charge in [-0.2, -0.15) is 8.42 Å². The van der Waals surface area contributed by atoms with Gasteiger partial charge < -0.3 is 10.5 Å². The van der Waals surface area contributed by atoms with Crippen molar-refractivity contribution in [3.63, 3.8) is 0 Å². The summed E-state index contributed by atoms with van der Waals surface area (Å²) in [6.07, 6.45) is 1.87. The van der Waals surface area contributed by atoms with Crippen LogP contribution in [-0.4, -0.2) is 19.6 Å². The molecule has 0 bridgehead atoms. The van der Waals surface area contributed by atoms with E-state index in [0.29, 0.717) is 12.4 Å². The van der Waals surface area contributed by atoms with Crippen LogP contribution in [0.25, 0.3) is 0 Å². The number of hydrogen-bond acceptors (Lipinski definition) is 4. The van der Waals surface area contributed by atoms with Crippen LogP contribution in [0.1, 0.15) is 19.8 Å². The van der Waals surface area contributed by atoms with E-state index in [4.69, 9.17) is 15.0 Å². The Bertz CT molecular complexity index is 456. The lowest BCUT2D eigenvalue weighted by molar-refractivity contribution is 0.308. The molecule has 90 valence electrons. The van der Waals surface area contributed by atoms with Crippen LogP contribution in [0.4, 0.5) is 5.69 Å². The van der Waals surface area contributed by atoms with Gasteiger partial charge in [-0.25, -0.2) is 0 Å². The van der Waals surface area contributed by atoms with E-state index in [9.17, 15) is 8.42 Å². The maximum atomic E-state index is 11.0. The fraction of sp³-hybridized carbons (Fsp3) is 0.400. The van der Waals surface area contributed by atoms with Crippen molar-refractivity contribution in [2.45, 2.75) is 24.7 Å². The number of unbranched alkanes of at least 4 members (excludes halogenated alkanes) is 1. The maximum absolute atomic E-state index is 11.0. The predicted molar refractivity (Wildman–Crippen MR) is 61.1 cm³/mol. The van der Waals surface area contributed by atoms with Gasteiger partial charge in [0.1, 0.15) is 10.6 Å². The molecule has 0 atom stereocenters. The normalized spacial score (nSPS) is 11.4. The second-order valence-corrected chi connectivity index (χ2v) is 4.77. The molecule has 0 amide bonds. The Kier molecular flexibility index (Phi) is 4.14. The molecule has 0 aliphatic rings. The lowest BCUT2D eigenvalue weighted by atomic mass is 10.3. The van der Waals surface area contributed by atoms with Crippen molar-refractivity contribution < 1.29 is 17.7 Å². The molecule has 1 aromatic rings. The summed E-state index contributed by atoms with van der Waals surface area (Å²) < 4.78 is 36.1. The van der Waals surface area contributed by atoms with Crippen molar-refractivity contribution in [1.29, 1.82) is 0 Å². The van der Waals surface area contributed by atoms with Crippen molar-refractivity contribution in [3.8, 4) is 5.75 Å². The smallest absolute Gasteiger partial charge is 0.296 e. The third-order valence-corrected chi connectivity index (χ3v) is 2.94. The Morgan fingerprint density at radius 2 is 2.12 bits per heavy atom. The molecule has 5 nitrogen and oxygen atoms in total. The van der Waals surface area contributed by atoms with Crippen LogP contribution in [0.5, 0.6) is 5.75 Å². The lowest BCUT2D eigenvalue weighted by Crippen LogP contribution is -2.04. The van der Waals surface area contributed by atoms with Gasteiger partial charge in [-0.3, -0.25) is 4.55 Å². The third-order valence-electron chi connectivity index (χ3n) is 2.03. The van der Waals surface area contributed by atoms with Gasteiger partial charge in [0.2, 0.25) is 0 Å². The zero-order valence-electron chi connectivity index (χ0n) is 9.01. The van der Waals surface area contributed by atoms with Crippen molar-refractivity contribution in [1.82, 2.24) is 0 Å². The van der Waals surface area contributed by atoms with E-state index < -0.39 is 10.1 Å². The molecule has 0 aromatic heterocycles. The first-order valence-corrected chi connectivity index (χ1v) is 6.39. The van der Waals surface area contributed by atoms with Crippen LogP contribution in [0.15, 0.2) is 23.1 Å². The summed E-state index contributed by atoms with van der Waals surface area (Å²) in [6, 6.07) is 4.18. The second kappa shape index (κ2) is 5.18. The van der Waals surface area contributed by atoms with Gasteiger partial charge >= 0.3 is 0 Å². The Morgan fingerprint density at radius 1 is 1.44 bits per heavy atom. The first-order valence-electron chi connectivity index (χ1n) is 4.95. The molecule has 0 saturated heterocycles. The molecule has 0 unspecified atom stereocenters. The van der Waals surface area contributed by atoms with Crippen LogP contribution in [0.3, 0.4) is 0 Å². The summed E-state index contributed by atoms with van der Waals surface area (Å²) in [5.74, 6) is 0.385. The molecular weight excluding hydrogens is 230 g/mol. The van der Waals surface area contributed by atoms with Gasteiger partial charge in [-0.05, 0) is 18.6 Å². The highest BCUT2D eigenvalue weighted by Gasteiger charge is 2.14. The molecule has 0 saturated carbocycles. The molecule has 1 aromatic carbocycles. The number of nitrogens with two attached hydrogens (primary N) is 1. The first kappa shape index (κ1) is 12.8. The fourth-order valence-electron chi connectivity index (χ4n) is 1.16. The Morgan fingerprint density at radius 3 is 2.69 bits per heavy atom. The minimum absolute atomic E-state index is 0.00495. The van der Waals surface area contributed by atoms with Gasteiger partial charge in [-0.15, -0.1) is 0 Å². The molecule has 3 N–H and O–H groups in total. The third kappa shape index (κ3) is 3.39. The quantitative estimate of drug-likeness (QED) is 0.468. The number of anilines is 1. The average Bonchev–Trinajstić information content (AvgIpc) is 2.19. The predicted octanol–water partition coefficient (Wildman–Crippen LogP) is 1.69. The van der Waals surface area contributed by atoms with Crippen LogP contribution < -0.4 is 10.5 Å². The molecule has 0 aliphatic carbocycles. The molecule has 1 rings (SSSR count). The Labute approximate surface area is 95.0 Å². The molecule has 0 spiro atoms. The minimum atomic E-state index is -4.29. The van der Waals surface area contributed by atoms with Gasteiger partial charge in [0.25, 0.3) is 10.1 Å². The molecule has 0 radical (unpaired) electrons. The van der Waals surface area contributed by atoms with Crippen molar-refractivity contribution in [3.05, 3.63) is 18.2 Å². The van der Waals surface area contributed by atoms with E-state index in [1.54, 1.807) is 6.07 Å². The number of rotatable bonds is 5. The highest BCUT2D eigenvalue weighted by molar-refractivity contribution is 7.86. The maximum Gasteiger partial charge on any atom is 0.296 e. The first-order chi connectivity index (χ1) is 7.45. The summed E-state index contributed by atoms with van der Waals surface area (Å²) in [5, 5.41) is 0. The molecule has 0 aliphatic heterocycles. The van der Waals surface area contributed by atoms with Gasteiger partial charge in [0.15, 0.2) is 0 Å². The van der Waals surface area contributed by atoms with Crippen molar-refractivity contribution >= 4 is 15.8 Å².